The van der Waals surface area contributed by atoms with Crippen LogP contribution in [-0.4, -0.2) is 26.8 Å². The second-order valence-corrected chi connectivity index (χ2v) is 7.80. The molecule has 2 aromatic carbocycles. The SMILES string of the molecule is COc1ccc([C@H]2[C@H](N)[C@@H]2S(=O)(=O)c2ccc(C)cc2)cc1. The molecule has 0 aromatic heterocycles. The first-order chi connectivity index (χ1) is 10.4. The van der Waals surface area contributed by atoms with E-state index in [9.17, 15) is 8.42 Å². The standard InChI is InChI=1S/C17H19NO3S/c1-11-3-9-14(10-4-11)22(19,20)17-15(16(17)18)12-5-7-13(21-2)8-6-12/h3-10,15-17H,18H2,1-2H3/t15-,16-,17+/m0/s1. The summed E-state index contributed by atoms with van der Waals surface area (Å²) in [6.07, 6.45) is 0. The van der Waals surface area contributed by atoms with Gasteiger partial charge in [0.15, 0.2) is 9.84 Å². The minimum atomic E-state index is -3.40. The molecule has 5 heteroatoms. The fourth-order valence-electron chi connectivity index (χ4n) is 2.83. The van der Waals surface area contributed by atoms with E-state index in [0.29, 0.717) is 4.90 Å². The van der Waals surface area contributed by atoms with Gasteiger partial charge >= 0.3 is 0 Å². The van der Waals surface area contributed by atoms with E-state index in [2.05, 4.69) is 0 Å². The van der Waals surface area contributed by atoms with Gasteiger partial charge in [-0.25, -0.2) is 8.42 Å². The number of ether oxygens (including phenoxy) is 1. The fraction of sp³-hybridized carbons (Fsp3) is 0.294. The Morgan fingerprint density at radius 2 is 1.59 bits per heavy atom. The van der Waals surface area contributed by atoms with Gasteiger partial charge in [-0.15, -0.1) is 0 Å². The first kappa shape index (κ1) is 15.1. The zero-order valence-electron chi connectivity index (χ0n) is 12.6. The number of rotatable bonds is 4. The van der Waals surface area contributed by atoms with E-state index in [0.717, 1.165) is 16.9 Å². The highest BCUT2D eigenvalue weighted by Crippen LogP contribution is 2.47. The molecule has 0 radical (unpaired) electrons. The van der Waals surface area contributed by atoms with Crippen molar-refractivity contribution in [3.05, 3.63) is 59.7 Å². The quantitative estimate of drug-likeness (QED) is 0.939. The van der Waals surface area contributed by atoms with Crippen molar-refractivity contribution in [1.29, 1.82) is 0 Å². The molecule has 3 rings (SSSR count). The Morgan fingerprint density at radius 3 is 2.14 bits per heavy atom. The molecule has 22 heavy (non-hydrogen) atoms. The number of aryl methyl sites for hydroxylation is 1. The molecular formula is C17H19NO3S. The molecule has 0 aliphatic heterocycles. The van der Waals surface area contributed by atoms with Crippen LogP contribution >= 0.6 is 0 Å². The Labute approximate surface area is 130 Å². The molecule has 1 saturated carbocycles. The molecule has 4 nitrogen and oxygen atoms in total. The summed E-state index contributed by atoms with van der Waals surface area (Å²) in [6, 6.07) is 14.0. The van der Waals surface area contributed by atoms with Crippen molar-refractivity contribution in [3.8, 4) is 5.75 Å². The zero-order chi connectivity index (χ0) is 15.9. The molecule has 0 heterocycles. The van der Waals surface area contributed by atoms with E-state index < -0.39 is 15.1 Å². The molecule has 0 bridgehead atoms. The molecule has 116 valence electrons. The third kappa shape index (κ3) is 2.51. The molecule has 0 unspecified atom stereocenters. The first-order valence-corrected chi connectivity index (χ1v) is 8.70. The maximum Gasteiger partial charge on any atom is 0.183 e. The number of hydrogen-bond donors (Lipinski definition) is 1. The van der Waals surface area contributed by atoms with E-state index >= 15 is 0 Å². The third-order valence-corrected chi connectivity index (χ3v) is 6.47. The van der Waals surface area contributed by atoms with Crippen LogP contribution in [0.25, 0.3) is 0 Å². The third-order valence-electron chi connectivity index (χ3n) is 4.22. The van der Waals surface area contributed by atoms with Gasteiger partial charge in [0.1, 0.15) is 5.75 Å². The summed E-state index contributed by atoms with van der Waals surface area (Å²) in [7, 11) is -1.80. The van der Waals surface area contributed by atoms with E-state index in [1.165, 1.54) is 0 Å². The topological polar surface area (TPSA) is 69.4 Å². The Morgan fingerprint density at radius 1 is 1.00 bits per heavy atom. The van der Waals surface area contributed by atoms with Crippen molar-refractivity contribution < 1.29 is 13.2 Å². The minimum absolute atomic E-state index is 0.155. The van der Waals surface area contributed by atoms with Crippen LogP contribution in [0.2, 0.25) is 0 Å². The van der Waals surface area contributed by atoms with Gasteiger partial charge in [-0.05, 0) is 36.8 Å². The highest BCUT2D eigenvalue weighted by atomic mass is 32.2. The summed E-state index contributed by atoms with van der Waals surface area (Å²) >= 11 is 0. The molecular weight excluding hydrogens is 298 g/mol. The number of benzene rings is 2. The van der Waals surface area contributed by atoms with Crippen LogP contribution < -0.4 is 10.5 Å². The highest BCUT2D eigenvalue weighted by molar-refractivity contribution is 7.92. The molecule has 2 aromatic rings. The number of sulfone groups is 1. The van der Waals surface area contributed by atoms with Crippen LogP contribution in [0.5, 0.6) is 5.75 Å². The second-order valence-electron chi connectivity index (χ2n) is 5.70. The molecule has 0 amide bonds. The summed E-state index contributed by atoms with van der Waals surface area (Å²) in [4.78, 5) is 0.342. The Hall–Kier alpha value is -1.85. The van der Waals surface area contributed by atoms with Crippen LogP contribution in [0.3, 0.4) is 0 Å². The summed E-state index contributed by atoms with van der Waals surface area (Å²) in [5.74, 6) is 0.591. The van der Waals surface area contributed by atoms with Crippen LogP contribution in [0, 0.1) is 6.92 Å². The van der Waals surface area contributed by atoms with Gasteiger partial charge in [-0.3, -0.25) is 0 Å². The van der Waals surface area contributed by atoms with Gasteiger partial charge in [0.05, 0.1) is 17.3 Å². The zero-order valence-corrected chi connectivity index (χ0v) is 13.4. The molecule has 1 aliphatic rings. The largest absolute Gasteiger partial charge is 0.497 e. The van der Waals surface area contributed by atoms with Crippen LogP contribution in [0.4, 0.5) is 0 Å². The molecule has 1 fully saturated rings. The molecule has 2 N–H and O–H groups in total. The van der Waals surface area contributed by atoms with E-state index in [1.54, 1.807) is 19.2 Å². The number of nitrogens with two attached hydrogens (primary N) is 1. The van der Waals surface area contributed by atoms with Crippen molar-refractivity contribution in [2.75, 3.05) is 7.11 Å². The van der Waals surface area contributed by atoms with Crippen LogP contribution in [-0.2, 0) is 9.84 Å². The van der Waals surface area contributed by atoms with Gasteiger partial charge in [-0.1, -0.05) is 29.8 Å². The molecule has 3 atom stereocenters. The first-order valence-electron chi connectivity index (χ1n) is 7.15. The number of hydrogen-bond acceptors (Lipinski definition) is 4. The van der Waals surface area contributed by atoms with Gasteiger partial charge in [-0.2, -0.15) is 0 Å². The summed E-state index contributed by atoms with van der Waals surface area (Å²) in [5, 5.41) is -0.552. The lowest BCUT2D eigenvalue weighted by atomic mass is 10.1. The second kappa shape index (κ2) is 5.41. The maximum absolute atomic E-state index is 12.7. The monoisotopic (exact) mass is 317 g/mol. The smallest absolute Gasteiger partial charge is 0.183 e. The minimum Gasteiger partial charge on any atom is -0.497 e. The molecule has 0 saturated heterocycles. The predicted octanol–water partition coefficient (Wildman–Crippen LogP) is 2.27. The summed E-state index contributed by atoms with van der Waals surface area (Å²) in [5.41, 5.74) is 8.03. The lowest BCUT2D eigenvalue weighted by Crippen LogP contribution is -2.15. The van der Waals surface area contributed by atoms with Crippen LogP contribution in [0.1, 0.15) is 17.0 Å². The Kier molecular flexibility index (Phi) is 3.70. The molecule has 0 spiro atoms. The van der Waals surface area contributed by atoms with E-state index in [-0.39, 0.29) is 12.0 Å². The van der Waals surface area contributed by atoms with Crippen molar-refractivity contribution in [2.45, 2.75) is 29.0 Å². The van der Waals surface area contributed by atoms with Gasteiger partial charge in [0.2, 0.25) is 0 Å². The summed E-state index contributed by atoms with van der Waals surface area (Å²) < 4.78 is 30.6. The van der Waals surface area contributed by atoms with Gasteiger partial charge in [0, 0.05) is 12.0 Å². The average Bonchev–Trinajstić information content (AvgIpc) is 3.20. The van der Waals surface area contributed by atoms with E-state index in [4.69, 9.17) is 10.5 Å². The van der Waals surface area contributed by atoms with Crippen LogP contribution in [0.15, 0.2) is 53.4 Å². The fourth-order valence-corrected chi connectivity index (χ4v) is 4.87. The Balaban J connectivity index is 1.87. The number of methoxy groups -OCH3 is 1. The van der Waals surface area contributed by atoms with Crippen molar-refractivity contribution in [3.63, 3.8) is 0 Å². The lowest BCUT2D eigenvalue weighted by Gasteiger charge is -2.05. The summed E-state index contributed by atoms with van der Waals surface area (Å²) in [6.45, 7) is 1.93. The normalized spacial score (nSPS) is 24.0. The lowest BCUT2D eigenvalue weighted by molar-refractivity contribution is 0.414. The predicted molar refractivity (Wildman–Crippen MR) is 85.9 cm³/mol. The maximum atomic E-state index is 12.7. The Bertz CT molecular complexity index is 767. The van der Waals surface area contributed by atoms with Crippen molar-refractivity contribution >= 4 is 9.84 Å². The van der Waals surface area contributed by atoms with Crippen molar-refractivity contribution in [2.24, 2.45) is 5.73 Å². The van der Waals surface area contributed by atoms with E-state index in [1.807, 2.05) is 43.3 Å². The van der Waals surface area contributed by atoms with Crippen molar-refractivity contribution in [1.82, 2.24) is 0 Å². The molecule has 1 aliphatic carbocycles. The van der Waals surface area contributed by atoms with Gasteiger partial charge in [0.25, 0.3) is 0 Å². The van der Waals surface area contributed by atoms with Gasteiger partial charge < -0.3 is 10.5 Å². The highest BCUT2D eigenvalue weighted by Gasteiger charge is 2.57. The average molecular weight is 317 g/mol.